The zero-order valence-corrected chi connectivity index (χ0v) is 14.2. The Morgan fingerprint density at radius 1 is 1.15 bits per heavy atom. The van der Waals surface area contributed by atoms with Crippen LogP contribution in [0.3, 0.4) is 0 Å². The summed E-state index contributed by atoms with van der Waals surface area (Å²) in [5, 5.41) is 11.4. The number of anilines is 1. The van der Waals surface area contributed by atoms with Crippen LogP contribution in [0.15, 0.2) is 54.7 Å². The topological polar surface area (TPSA) is 98.2 Å². The highest BCUT2D eigenvalue weighted by molar-refractivity contribution is 7.15. The van der Waals surface area contributed by atoms with Crippen molar-refractivity contribution in [1.82, 2.24) is 24.9 Å². The van der Waals surface area contributed by atoms with E-state index in [0.29, 0.717) is 10.7 Å². The summed E-state index contributed by atoms with van der Waals surface area (Å²) in [6, 6.07) is 13.6. The lowest BCUT2D eigenvalue weighted by atomic mass is 10.1. The third-order valence-electron chi connectivity index (χ3n) is 3.80. The first-order chi connectivity index (χ1) is 12.6. The van der Waals surface area contributed by atoms with Crippen LogP contribution in [0.5, 0.6) is 0 Å². The first-order valence-corrected chi connectivity index (χ1v) is 8.52. The Morgan fingerprint density at radius 2 is 1.92 bits per heavy atom. The minimum atomic E-state index is -0.721. The van der Waals surface area contributed by atoms with Crippen LogP contribution in [0.2, 0.25) is 0 Å². The van der Waals surface area contributed by atoms with Crippen molar-refractivity contribution >= 4 is 28.0 Å². The number of fused-ring (bicyclic) bond motifs is 1. The van der Waals surface area contributed by atoms with Crippen LogP contribution < -0.4 is 11.1 Å². The van der Waals surface area contributed by atoms with Gasteiger partial charge in [-0.2, -0.15) is 4.39 Å². The van der Waals surface area contributed by atoms with E-state index in [2.05, 4.69) is 20.5 Å². The molecule has 1 amide bonds. The average Bonchev–Trinajstić information content (AvgIpc) is 3.24. The van der Waals surface area contributed by atoms with Gasteiger partial charge in [0.05, 0.1) is 0 Å². The smallest absolute Gasteiger partial charge is 0.275 e. The van der Waals surface area contributed by atoms with E-state index in [9.17, 15) is 9.18 Å². The van der Waals surface area contributed by atoms with Crippen LogP contribution in [0.4, 0.5) is 9.52 Å². The highest BCUT2D eigenvalue weighted by atomic mass is 32.1. The van der Waals surface area contributed by atoms with Gasteiger partial charge in [-0.25, -0.2) is 4.98 Å². The van der Waals surface area contributed by atoms with E-state index in [0.717, 1.165) is 16.9 Å². The highest BCUT2D eigenvalue weighted by Gasteiger charge is 2.25. The van der Waals surface area contributed by atoms with Crippen LogP contribution in [0.25, 0.3) is 5.65 Å². The fraction of sp³-hybridized carbons (Fsp3) is 0.0588. The molecule has 0 bridgehead atoms. The van der Waals surface area contributed by atoms with Gasteiger partial charge < -0.3 is 11.1 Å². The van der Waals surface area contributed by atoms with Crippen LogP contribution in [0, 0.1) is 5.95 Å². The van der Waals surface area contributed by atoms with Crippen molar-refractivity contribution in [1.29, 1.82) is 0 Å². The molecule has 1 atom stereocenters. The quantitative estimate of drug-likeness (QED) is 0.576. The standard InChI is InChI=1S/C17H13FN6OS/c18-14-13(20-11-8-4-5-9-24(11)14)15(25)21-12(10-6-2-1-3-7-10)16-22-23-17(19)26-16/h1-9,12H,(H2,19,23)(H,21,25)/t12-/m1/s1. The van der Waals surface area contributed by atoms with Crippen molar-refractivity contribution in [3.05, 3.63) is 76.9 Å². The number of carbonyl (C=O) groups is 1. The van der Waals surface area contributed by atoms with Crippen molar-refractivity contribution in [2.45, 2.75) is 6.04 Å². The zero-order valence-electron chi connectivity index (χ0n) is 13.3. The van der Waals surface area contributed by atoms with E-state index in [-0.39, 0.29) is 10.8 Å². The first kappa shape index (κ1) is 16.2. The van der Waals surface area contributed by atoms with Gasteiger partial charge in [-0.3, -0.25) is 9.20 Å². The Morgan fingerprint density at radius 3 is 2.62 bits per heavy atom. The molecule has 26 heavy (non-hydrogen) atoms. The summed E-state index contributed by atoms with van der Waals surface area (Å²) in [6.45, 7) is 0. The minimum absolute atomic E-state index is 0.283. The van der Waals surface area contributed by atoms with E-state index in [1.807, 2.05) is 30.3 Å². The van der Waals surface area contributed by atoms with E-state index in [1.165, 1.54) is 10.6 Å². The summed E-state index contributed by atoms with van der Waals surface area (Å²) in [5.74, 6) is -1.37. The minimum Gasteiger partial charge on any atom is -0.374 e. The molecule has 0 radical (unpaired) electrons. The number of pyridine rings is 1. The van der Waals surface area contributed by atoms with Gasteiger partial charge in [0.1, 0.15) is 16.7 Å². The number of nitrogens with two attached hydrogens (primary N) is 1. The number of hydrogen-bond acceptors (Lipinski definition) is 6. The molecular weight excluding hydrogens is 355 g/mol. The van der Waals surface area contributed by atoms with Gasteiger partial charge in [0.15, 0.2) is 5.69 Å². The summed E-state index contributed by atoms with van der Waals surface area (Å²) in [5.41, 5.74) is 6.52. The third kappa shape index (κ3) is 2.88. The Balaban J connectivity index is 1.71. The molecule has 0 aliphatic carbocycles. The number of amides is 1. The first-order valence-electron chi connectivity index (χ1n) is 7.71. The van der Waals surface area contributed by atoms with Crippen molar-refractivity contribution < 1.29 is 9.18 Å². The number of halogens is 1. The van der Waals surface area contributed by atoms with Gasteiger partial charge >= 0.3 is 0 Å². The maximum absolute atomic E-state index is 14.5. The molecule has 0 spiro atoms. The molecule has 9 heteroatoms. The zero-order chi connectivity index (χ0) is 18.1. The van der Waals surface area contributed by atoms with Crippen molar-refractivity contribution in [2.24, 2.45) is 0 Å². The van der Waals surface area contributed by atoms with Crippen LogP contribution in [-0.4, -0.2) is 25.5 Å². The normalized spacial score (nSPS) is 12.2. The van der Waals surface area contributed by atoms with Crippen molar-refractivity contribution in [2.75, 3.05) is 5.73 Å². The van der Waals surface area contributed by atoms with E-state index in [1.54, 1.807) is 18.2 Å². The summed E-state index contributed by atoms with van der Waals surface area (Å²) in [6.07, 6.45) is 1.51. The number of imidazole rings is 1. The maximum Gasteiger partial charge on any atom is 0.275 e. The number of hydrogen-bond donors (Lipinski definition) is 2. The molecule has 7 nitrogen and oxygen atoms in total. The van der Waals surface area contributed by atoms with Gasteiger partial charge in [-0.15, -0.1) is 10.2 Å². The Kier molecular flexibility index (Phi) is 4.05. The predicted molar refractivity (Wildman–Crippen MR) is 95.2 cm³/mol. The number of nitrogen functional groups attached to an aromatic ring is 1. The molecule has 1 aromatic carbocycles. The van der Waals surface area contributed by atoms with E-state index in [4.69, 9.17) is 5.73 Å². The largest absolute Gasteiger partial charge is 0.374 e. The molecule has 0 saturated heterocycles. The summed E-state index contributed by atoms with van der Waals surface area (Å²) < 4.78 is 15.8. The molecule has 0 fully saturated rings. The second-order valence-corrected chi connectivity index (χ2v) is 6.52. The fourth-order valence-corrected chi connectivity index (χ4v) is 3.30. The number of nitrogens with zero attached hydrogens (tertiary/aromatic N) is 4. The van der Waals surface area contributed by atoms with Gasteiger partial charge in [-0.1, -0.05) is 47.7 Å². The third-order valence-corrected chi connectivity index (χ3v) is 4.62. The second kappa shape index (κ2) is 6.52. The second-order valence-electron chi connectivity index (χ2n) is 5.48. The molecular formula is C17H13FN6OS. The lowest BCUT2D eigenvalue weighted by molar-refractivity contribution is 0.0933. The Hall–Kier alpha value is -3.33. The Labute approximate surface area is 151 Å². The lowest BCUT2D eigenvalue weighted by Crippen LogP contribution is -2.30. The summed E-state index contributed by atoms with van der Waals surface area (Å²) >= 11 is 1.16. The van der Waals surface area contributed by atoms with Gasteiger partial charge in [0, 0.05) is 6.20 Å². The van der Waals surface area contributed by atoms with Gasteiger partial charge in [-0.05, 0) is 17.7 Å². The van der Waals surface area contributed by atoms with Crippen molar-refractivity contribution in [3.63, 3.8) is 0 Å². The molecule has 130 valence electrons. The average molecular weight is 368 g/mol. The molecule has 0 saturated carbocycles. The highest BCUT2D eigenvalue weighted by Crippen LogP contribution is 2.26. The fourth-order valence-electron chi connectivity index (χ4n) is 2.61. The molecule has 4 aromatic rings. The van der Waals surface area contributed by atoms with Gasteiger partial charge in [0.25, 0.3) is 5.91 Å². The Bertz CT molecular complexity index is 1080. The molecule has 0 aliphatic rings. The molecule has 3 N–H and O–H groups in total. The number of rotatable bonds is 4. The number of nitrogens with one attached hydrogen (secondary N) is 1. The number of benzene rings is 1. The molecule has 3 aromatic heterocycles. The van der Waals surface area contributed by atoms with Gasteiger partial charge in [0.2, 0.25) is 11.1 Å². The number of carbonyl (C=O) groups excluding carboxylic acids is 1. The van der Waals surface area contributed by atoms with Crippen molar-refractivity contribution in [3.8, 4) is 0 Å². The van der Waals surface area contributed by atoms with E-state index < -0.39 is 17.9 Å². The lowest BCUT2D eigenvalue weighted by Gasteiger charge is -2.15. The van der Waals surface area contributed by atoms with Crippen LogP contribution >= 0.6 is 11.3 Å². The summed E-state index contributed by atoms with van der Waals surface area (Å²) in [4.78, 5) is 16.8. The van der Waals surface area contributed by atoms with Crippen LogP contribution in [-0.2, 0) is 0 Å². The van der Waals surface area contributed by atoms with E-state index >= 15 is 0 Å². The van der Waals surface area contributed by atoms with Crippen LogP contribution in [0.1, 0.15) is 27.1 Å². The predicted octanol–water partition coefficient (Wildman–Crippen LogP) is 2.43. The molecule has 4 rings (SSSR count). The molecule has 0 aliphatic heterocycles. The SMILES string of the molecule is Nc1nnc([C@H](NC(=O)c2nc3ccccn3c2F)c2ccccc2)s1. The monoisotopic (exact) mass is 368 g/mol. The molecule has 0 unspecified atom stereocenters. The number of aromatic nitrogens is 4. The summed E-state index contributed by atoms with van der Waals surface area (Å²) in [7, 11) is 0. The maximum atomic E-state index is 14.5. The molecule has 3 heterocycles.